The van der Waals surface area contributed by atoms with Gasteiger partial charge in [0.2, 0.25) is 10.0 Å². The van der Waals surface area contributed by atoms with Crippen LogP contribution in [0.1, 0.15) is 41.8 Å². The molecular formula is C19H20ClNO4S. The summed E-state index contributed by atoms with van der Waals surface area (Å²) in [6.45, 7) is 2.75. The molecule has 0 spiro atoms. The van der Waals surface area contributed by atoms with Crippen molar-refractivity contribution in [2.75, 3.05) is 13.1 Å². The lowest BCUT2D eigenvalue weighted by molar-refractivity contribution is 0.0338. The van der Waals surface area contributed by atoms with Gasteiger partial charge in [0.25, 0.3) is 0 Å². The highest BCUT2D eigenvalue weighted by molar-refractivity contribution is 7.89. The Bertz CT molecular complexity index is 907. The number of carbonyl (C=O) groups is 1. The quantitative estimate of drug-likeness (QED) is 0.719. The van der Waals surface area contributed by atoms with Gasteiger partial charge in [-0.3, -0.25) is 0 Å². The van der Waals surface area contributed by atoms with Gasteiger partial charge in [-0.25, -0.2) is 13.2 Å². The molecule has 1 aliphatic rings. The largest absolute Gasteiger partial charge is 0.454 e. The third-order valence-corrected chi connectivity index (χ3v) is 6.64. The van der Waals surface area contributed by atoms with E-state index < -0.39 is 22.1 Å². The normalized spacial score (nSPS) is 16.4. The van der Waals surface area contributed by atoms with E-state index in [4.69, 9.17) is 16.3 Å². The molecule has 1 aliphatic heterocycles. The molecule has 0 amide bonds. The molecule has 0 bridgehead atoms. The SMILES string of the molecule is C[C@@H](OC(=O)c1cccc(S(=O)(=O)N2CCCC2)c1)c1ccccc1Cl. The van der Waals surface area contributed by atoms with E-state index >= 15 is 0 Å². The van der Waals surface area contributed by atoms with Gasteiger partial charge in [-0.15, -0.1) is 0 Å². The summed E-state index contributed by atoms with van der Waals surface area (Å²) in [7, 11) is -3.58. The fraction of sp³-hybridized carbons (Fsp3) is 0.316. The molecule has 7 heteroatoms. The van der Waals surface area contributed by atoms with Gasteiger partial charge in [-0.2, -0.15) is 4.31 Å². The van der Waals surface area contributed by atoms with Gasteiger partial charge in [0, 0.05) is 23.7 Å². The van der Waals surface area contributed by atoms with Crippen molar-refractivity contribution in [3.63, 3.8) is 0 Å². The van der Waals surface area contributed by atoms with E-state index in [1.807, 2.05) is 6.07 Å². The van der Waals surface area contributed by atoms with Gasteiger partial charge >= 0.3 is 5.97 Å². The molecule has 0 aliphatic carbocycles. The molecule has 1 fully saturated rings. The lowest BCUT2D eigenvalue weighted by Gasteiger charge is -2.17. The van der Waals surface area contributed by atoms with Gasteiger partial charge < -0.3 is 4.74 Å². The van der Waals surface area contributed by atoms with Gasteiger partial charge in [-0.05, 0) is 44.0 Å². The second-order valence-electron chi connectivity index (χ2n) is 6.21. The van der Waals surface area contributed by atoms with Gasteiger partial charge in [0.1, 0.15) is 6.10 Å². The van der Waals surface area contributed by atoms with Crippen LogP contribution >= 0.6 is 11.6 Å². The van der Waals surface area contributed by atoms with Crippen LogP contribution in [0, 0.1) is 0 Å². The third-order valence-electron chi connectivity index (χ3n) is 4.40. The average molecular weight is 394 g/mol. The first kappa shape index (κ1) is 18.9. The summed E-state index contributed by atoms with van der Waals surface area (Å²) in [5, 5.41) is 0.512. The highest BCUT2D eigenvalue weighted by Gasteiger charge is 2.28. The van der Waals surface area contributed by atoms with Crippen molar-refractivity contribution in [3.05, 3.63) is 64.7 Å². The maximum absolute atomic E-state index is 12.7. The summed E-state index contributed by atoms with van der Waals surface area (Å²) in [6, 6.07) is 13.1. The second-order valence-corrected chi connectivity index (χ2v) is 8.55. The fourth-order valence-corrected chi connectivity index (χ4v) is 4.81. The fourth-order valence-electron chi connectivity index (χ4n) is 2.96. The van der Waals surface area contributed by atoms with Crippen LogP contribution in [-0.2, 0) is 14.8 Å². The summed E-state index contributed by atoms with van der Waals surface area (Å²) >= 11 is 6.13. The van der Waals surface area contributed by atoms with E-state index in [-0.39, 0.29) is 10.5 Å². The van der Waals surface area contributed by atoms with Crippen LogP contribution in [0.4, 0.5) is 0 Å². The van der Waals surface area contributed by atoms with Crippen molar-refractivity contribution in [1.29, 1.82) is 0 Å². The molecule has 2 aromatic rings. The van der Waals surface area contributed by atoms with Crippen molar-refractivity contribution in [1.82, 2.24) is 4.31 Å². The Morgan fingerprint density at radius 1 is 1.12 bits per heavy atom. The zero-order chi connectivity index (χ0) is 18.7. The van der Waals surface area contributed by atoms with E-state index in [9.17, 15) is 13.2 Å². The molecule has 1 saturated heterocycles. The third kappa shape index (κ3) is 3.92. The molecule has 2 aromatic carbocycles. The van der Waals surface area contributed by atoms with Gasteiger partial charge in [-0.1, -0.05) is 35.9 Å². The highest BCUT2D eigenvalue weighted by atomic mass is 35.5. The van der Waals surface area contributed by atoms with Crippen molar-refractivity contribution < 1.29 is 17.9 Å². The molecule has 0 unspecified atom stereocenters. The molecule has 0 radical (unpaired) electrons. The van der Waals surface area contributed by atoms with Crippen molar-refractivity contribution in [3.8, 4) is 0 Å². The number of carbonyl (C=O) groups excluding carboxylic acids is 1. The molecule has 5 nitrogen and oxygen atoms in total. The number of hydrogen-bond donors (Lipinski definition) is 0. The minimum Gasteiger partial charge on any atom is -0.454 e. The molecule has 0 aromatic heterocycles. The van der Waals surface area contributed by atoms with Crippen LogP contribution < -0.4 is 0 Å². The van der Waals surface area contributed by atoms with Gasteiger partial charge in [0.15, 0.2) is 0 Å². The molecule has 1 heterocycles. The van der Waals surface area contributed by atoms with Crippen LogP contribution in [-0.4, -0.2) is 31.8 Å². The Morgan fingerprint density at radius 3 is 2.50 bits per heavy atom. The zero-order valence-electron chi connectivity index (χ0n) is 14.4. The minimum atomic E-state index is -3.58. The Morgan fingerprint density at radius 2 is 1.81 bits per heavy atom. The minimum absolute atomic E-state index is 0.110. The first-order valence-corrected chi connectivity index (χ1v) is 10.3. The van der Waals surface area contributed by atoms with E-state index in [1.165, 1.54) is 16.4 Å². The lowest BCUT2D eigenvalue weighted by Crippen LogP contribution is -2.28. The molecule has 138 valence electrons. The maximum atomic E-state index is 12.7. The molecule has 1 atom stereocenters. The Kier molecular flexibility index (Phi) is 5.65. The number of ether oxygens (including phenoxy) is 1. The predicted molar refractivity (Wildman–Crippen MR) is 99.7 cm³/mol. The average Bonchev–Trinajstić information content (AvgIpc) is 3.17. The van der Waals surface area contributed by atoms with Crippen molar-refractivity contribution >= 4 is 27.6 Å². The number of esters is 1. The van der Waals surface area contributed by atoms with Crippen LogP contribution in [0.3, 0.4) is 0 Å². The summed E-state index contributed by atoms with van der Waals surface area (Å²) in [5.41, 5.74) is 0.896. The first-order chi connectivity index (χ1) is 12.4. The Labute approximate surface area is 158 Å². The second kappa shape index (κ2) is 7.78. The van der Waals surface area contributed by atoms with E-state index in [2.05, 4.69) is 0 Å². The Hall–Kier alpha value is -1.89. The molecule has 3 rings (SSSR count). The van der Waals surface area contributed by atoms with E-state index in [1.54, 1.807) is 37.3 Å². The molecular weight excluding hydrogens is 374 g/mol. The van der Waals surface area contributed by atoms with Crippen molar-refractivity contribution in [2.24, 2.45) is 0 Å². The van der Waals surface area contributed by atoms with Crippen LogP contribution in [0.25, 0.3) is 0 Å². The predicted octanol–water partition coefficient (Wildman–Crippen LogP) is 4.04. The number of rotatable bonds is 5. The molecule has 0 saturated carbocycles. The number of benzene rings is 2. The smallest absolute Gasteiger partial charge is 0.338 e. The molecule has 0 N–H and O–H groups in total. The van der Waals surface area contributed by atoms with Crippen LogP contribution in [0.2, 0.25) is 5.02 Å². The topological polar surface area (TPSA) is 63.7 Å². The van der Waals surface area contributed by atoms with Gasteiger partial charge in [0.05, 0.1) is 10.5 Å². The van der Waals surface area contributed by atoms with E-state index in [0.717, 1.165) is 12.8 Å². The molecule has 26 heavy (non-hydrogen) atoms. The van der Waals surface area contributed by atoms with Crippen LogP contribution in [0.5, 0.6) is 0 Å². The number of hydrogen-bond acceptors (Lipinski definition) is 4. The van der Waals surface area contributed by atoms with Crippen molar-refractivity contribution in [2.45, 2.75) is 30.8 Å². The zero-order valence-corrected chi connectivity index (χ0v) is 16.0. The van der Waals surface area contributed by atoms with Crippen LogP contribution in [0.15, 0.2) is 53.4 Å². The lowest BCUT2D eigenvalue weighted by atomic mass is 10.1. The number of sulfonamides is 1. The standard InChI is InChI=1S/C19H20ClNO4S/c1-14(17-9-2-3-10-18(17)20)25-19(22)15-7-6-8-16(13-15)26(23,24)21-11-4-5-12-21/h2-3,6-10,13-14H,4-5,11-12H2,1H3/t14-/m1/s1. The summed E-state index contributed by atoms with van der Waals surface area (Å²) in [4.78, 5) is 12.6. The monoisotopic (exact) mass is 393 g/mol. The maximum Gasteiger partial charge on any atom is 0.338 e. The summed E-state index contributed by atoms with van der Waals surface area (Å²) < 4.78 is 32.2. The summed E-state index contributed by atoms with van der Waals surface area (Å²) in [5.74, 6) is -0.587. The van der Waals surface area contributed by atoms with E-state index in [0.29, 0.717) is 23.7 Å². The summed E-state index contributed by atoms with van der Waals surface area (Å²) in [6.07, 6.45) is 1.17. The highest BCUT2D eigenvalue weighted by Crippen LogP contribution is 2.27. The number of nitrogens with zero attached hydrogens (tertiary/aromatic N) is 1. The first-order valence-electron chi connectivity index (χ1n) is 8.45. The Balaban J connectivity index is 1.79. The number of halogens is 1.